The van der Waals surface area contributed by atoms with Crippen molar-refractivity contribution in [3.8, 4) is 0 Å². The Morgan fingerprint density at radius 1 is 1.35 bits per heavy atom. The lowest BCUT2D eigenvalue weighted by Gasteiger charge is -2.28. The van der Waals surface area contributed by atoms with Gasteiger partial charge in [-0.1, -0.05) is 12.1 Å². The zero-order valence-electron chi connectivity index (χ0n) is 15.0. The van der Waals surface area contributed by atoms with Crippen molar-refractivity contribution >= 4 is 5.91 Å². The van der Waals surface area contributed by atoms with Crippen LogP contribution in [0.5, 0.6) is 0 Å². The Morgan fingerprint density at radius 3 is 2.88 bits per heavy atom. The molecule has 3 atom stereocenters. The number of hydrogen-bond acceptors (Lipinski definition) is 3. The summed E-state index contributed by atoms with van der Waals surface area (Å²) >= 11 is 0. The van der Waals surface area contributed by atoms with Gasteiger partial charge in [0.1, 0.15) is 23.2 Å². The monoisotopic (exact) mass is 358 g/mol. The first-order valence-corrected chi connectivity index (χ1v) is 8.85. The van der Waals surface area contributed by atoms with Crippen molar-refractivity contribution in [3.63, 3.8) is 0 Å². The smallest absolute Gasteiger partial charge is 0.270 e. The third kappa shape index (κ3) is 2.83. The molecule has 0 aliphatic carbocycles. The second-order valence-electron chi connectivity index (χ2n) is 7.25. The van der Waals surface area contributed by atoms with E-state index in [1.54, 1.807) is 24.1 Å². The fourth-order valence-electron chi connectivity index (χ4n) is 4.26. The van der Waals surface area contributed by atoms with Crippen molar-refractivity contribution in [2.24, 2.45) is 7.05 Å². The van der Waals surface area contributed by atoms with Crippen LogP contribution in [-0.4, -0.2) is 53.9 Å². The fourth-order valence-corrected chi connectivity index (χ4v) is 4.26. The third-order valence-electron chi connectivity index (χ3n) is 5.65. The van der Waals surface area contributed by atoms with E-state index >= 15 is 0 Å². The van der Waals surface area contributed by atoms with Crippen molar-refractivity contribution in [1.29, 1.82) is 0 Å². The van der Waals surface area contributed by atoms with E-state index in [-0.39, 0.29) is 23.7 Å². The lowest BCUT2D eigenvalue weighted by Crippen LogP contribution is -2.42. The normalized spacial score (nSPS) is 28.2. The molecule has 2 saturated heterocycles. The number of benzene rings is 1. The van der Waals surface area contributed by atoms with Crippen molar-refractivity contribution in [2.45, 2.75) is 24.0 Å². The van der Waals surface area contributed by atoms with E-state index in [2.05, 4.69) is 0 Å². The summed E-state index contributed by atoms with van der Waals surface area (Å²) in [7, 11) is 3.51. The molecule has 6 heteroatoms. The number of carbonyl (C=O) groups is 1. The molecule has 1 amide bonds. The van der Waals surface area contributed by atoms with E-state index in [1.165, 1.54) is 6.07 Å². The number of amides is 1. The molecule has 1 aromatic heterocycles. The number of hydrogen-bond donors (Lipinski definition) is 0. The molecule has 2 aliphatic heterocycles. The van der Waals surface area contributed by atoms with Crippen molar-refractivity contribution in [3.05, 3.63) is 59.7 Å². The van der Waals surface area contributed by atoms with E-state index in [9.17, 15) is 9.18 Å². The van der Waals surface area contributed by atoms with Crippen LogP contribution in [0.1, 0.15) is 28.4 Å². The van der Waals surface area contributed by atoms with E-state index in [0.29, 0.717) is 31.8 Å². The number of ether oxygens (including phenoxy) is 2. The molecule has 0 unspecified atom stereocenters. The molecule has 0 saturated carbocycles. The van der Waals surface area contributed by atoms with Crippen molar-refractivity contribution in [2.75, 3.05) is 26.8 Å². The molecule has 1 aromatic carbocycles. The summed E-state index contributed by atoms with van der Waals surface area (Å²) in [6, 6.07) is 10.3. The zero-order chi connectivity index (χ0) is 18.3. The summed E-state index contributed by atoms with van der Waals surface area (Å²) in [4.78, 5) is 14.7. The quantitative estimate of drug-likeness (QED) is 0.847. The van der Waals surface area contributed by atoms with Crippen LogP contribution in [0.25, 0.3) is 0 Å². The summed E-state index contributed by atoms with van der Waals surface area (Å²) in [5.74, 6) is -0.152. The lowest BCUT2D eigenvalue weighted by atomic mass is 9.87. The lowest BCUT2D eigenvalue weighted by molar-refractivity contribution is -0.0755. The molecule has 4 rings (SSSR count). The molecule has 2 aromatic rings. The number of halogens is 1. The van der Waals surface area contributed by atoms with Crippen molar-refractivity contribution in [1.82, 2.24) is 9.47 Å². The topological polar surface area (TPSA) is 43.7 Å². The van der Waals surface area contributed by atoms with Gasteiger partial charge in [0.25, 0.3) is 5.91 Å². The number of likely N-dealkylation sites (tertiary alicyclic amines) is 1. The molecule has 3 heterocycles. The highest BCUT2D eigenvalue weighted by molar-refractivity contribution is 5.93. The van der Waals surface area contributed by atoms with Crippen LogP contribution in [0.3, 0.4) is 0 Å². The van der Waals surface area contributed by atoms with Crippen LogP contribution in [0.15, 0.2) is 42.6 Å². The first-order valence-electron chi connectivity index (χ1n) is 8.85. The first kappa shape index (κ1) is 17.2. The van der Waals surface area contributed by atoms with Gasteiger partial charge in [-0.05, 0) is 36.2 Å². The van der Waals surface area contributed by atoms with Gasteiger partial charge in [-0.3, -0.25) is 4.79 Å². The summed E-state index contributed by atoms with van der Waals surface area (Å²) < 4.78 is 27.3. The maximum absolute atomic E-state index is 13.6. The van der Waals surface area contributed by atoms with Gasteiger partial charge in [-0.25, -0.2) is 4.39 Å². The van der Waals surface area contributed by atoms with Crippen LogP contribution in [-0.2, 0) is 16.5 Å². The predicted molar refractivity (Wildman–Crippen MR) is 94.6 cm³/mol. The molecule has 2 aliphatic rings. The van der Waals surface area contributed by atoms with E-state index in [4.69, 9.17) is 9.47 Å². The first-order chi connectivity index (χ1) is 12.5. The van der Waals surface area contributed by atoms with Crippen molar-refractivity contribution < 1.29 is 18.7 Å². The number of aryl methyl sites for hydroxylation is 1. The Bertz CT molecular complexity index is 821. The predicted octanol–water partition coefficient (Wildman–Crippen LogP) is 2.58. The highest BCUT2D eigenvalue weighted by Gasteiger charge is 2.54. The molecule has 1 spiro atoms. The number of rotatable bonds is 3. The third-order valence-corrected chi connectivity index (χ3v) is 5.65. The molecule has 0 bridgehead atoms. The summed E-state index contributed by atoms with van der Waals surface area (Å²) in [6.07, 6.45) is 2.38. The van der Waals surface area contributed by atoms with Gasteiger partial charge in [0.05, 0.1) is 19.7 Å². The number of carbonyl (C=O) groups excluding carboxylic acids is 1. The van der Waals surface area contributed by atoms with Crippen LogP contribution in [0.4, 0.5) is 4.39 Å². The van der Waals surface area contributed by atoms with Gasteiger partial charge in [0, 0.05) is 26.3 Å². The second kappa shape index (κ2) is 6.52. The Hall–Kier alpha value is -2.18. The van der Waals surface area contributed by atoms with Gasteiger partial charge in [-0.2, -0.15) is 0 Å². The zero-order valence-corrected chi connectivity index (χ0v) is 15.0. The minimum Gasteiger partial charge on any atom is -0.377 e. The Labute approximate surface area is 152 Å². The molecule has 26 heavy (non-hydrogen) atoms. The molecular formula is C20H23FN2O3. The number of aromatic nitrogens is 1. The Morgan fingerprint density at radius 2 is 2.19 bits per heavy atom. The van der Waals surface area contributed by atoms with Gasteiger partial charge in [0.15, 0.2) is 0 Å². The number of nitrogens with zero attached hydrogens (tertiary/aromatic N) is 2. The molecule has 2 fully saturated rings. The van der Waals surface area contributed by atoms with E-state index in [1.807, 2.05) is 36.0 Å². The second-order valence-corrected chi connectivity index (χ2v) is 7.25. The average molecular weight is 358 g/mol. The summed E-state index contributed by atoms with van der Waals surface area (Å²) in [5.41, 5.74) is 1.05. The van der Waals surface area contributed by atoms with Crippen LogP contribution >= 0.6 is 0 Å². The minimum absolute atomic E-state index is 0.0192. The van der Waals surface area contributed by atoms with E-state index in [0.717, 1.165) is 5.56 Å². The maximum Gasteiger partial charge on any atom is 0.270 e. The maximum atomic E-state index is 13.6. The standard InChI is InChI=1S/C20H23FN2O3/c1-22-8-4-7-17(22)19(24)23-11-18(25-2)20(13-23)10-15(12-26-20)14-5-3-6-16(21)9-14/h3-9,15,18H,10-13H2,1-2H3/t15-,18+,20+/m0/s1. The molecule has 138 valence electrons. The van der Waals surface area contributed by atoms with Gasteiger partial charge in [-0.15, -0.1) is 0 Å². The van der Waals surface area contributed by atoms with Crippen LogP contribution < -0.4 is 0 Å². The van der Waals surface area contributed by atoms with Crippen LogP contribution in [0, 0.1) is 5.82 Å². The highest BCUT2D eigenvalue weighted by atomic mass is 19.1. The fraction of sp³-hybridized carbons (Fsp3) is 0.450. The average Bonchev–Trinajstić information content (AvgIpc) is 3.34. The molecular weight excluding hydrogens is 335 g/mol. The highest BCUT2D eigenvalue weighted by Crippen LogP contribution is 2.43. The molecule has 5 nitrogen and oxygen atoms in total. The van der Waals surface area contributed by atoms with Gasteiger partial charge >= 0.3 is 0 Å². The Balaban J connectivity index is 1.55. The SMILES string of the molecule is CO[C@@H]1CN(C(=O)c2cccn2C)C[C@]12C[C@H](c1cccc(F)c1)CO2. The Kier molecular flexibility index (Phi) is 4.32. The van der Waals surface area contributed by atoms with E-state index < -0.39 is 5.60 Å². The number of methoxy groups -OCH3 is 1. The minimum atomic E-state index is -0.535. The summed E-state index contributed by atoms with van der Waals surface area (Å²) in [5, 5.41) is 0. The van der Waals surface area contributed by atoms with Gasteiger partial charge < -0.3 is 18.9 Å². The van der Waals surface area contributed by atoms with Crippen LogP contribution in [0.2, 0.25) is 0 Å². The molecule has 0 N–H and O–H groups in total. The van der Waals surface area contributed by atoms with Gasteiger partial charge in [0.2, 0.25) is 0 Å². The largest absolute Gasteiger partial charge is 0.377 e. The molecule has 0 radical (unpaired) electrons. The summed E-state index contributed by atoms with van der Waals surface area (Å²) in [6.45, 7) is 1.49.